The van der Waals surface area contributed by atoms with Crippen LogP contribution in [-0.4, -0.2) is 48.3 Å². The van der Waals surface area contributed by atoms with Crippen LogP contribution in [0.3, 0.4) is 0 Å². The lowest BCUT2D eigenvalue weighted by Gasteiger charge is -2.31. The van der Waals surface area contributed by atoms with E-state index in [1.807, 2.05) is 36.4 Å². The Morgan fingerprint density at radius 3 is 2.50 bits per heavy atom. The van der Waals surface area contributed by atoms with Crippen LogP contribution < -0.4 is 10.1 Å². The number of likely N-dealkylation sites (tertiary alicyclic amines) is 1. The van der Waals surface area contributed by atoms with E-state index >= 15 is 0 Å². The molecule has 0 aromatic heterocycles. The zero-order chi connectivity index (χ0) is 19.9. The fraction of sp³-hybridized carbons (Fsp3) is 0.333. The molecule has 3 rings (SSSR count). The minimum absolute atomic E-state index is 0.0927. The second-order valence-electron chi connectivity index (χ2n) is 6.66. The van der Waals surface area contributed by atoms with Crippen LogP contribution >= 0.6 is 0 Å². The number of anilines is 1. The zero-order valence-electron chi connectivity index (χ0n) is 15.8. The fourth-order valence-corrected chi connectivity index (χ4v) is 3.19. The van der Waals surface area contributed by atoms with Crippen LogP contribution in [-0.2, 0) is 11.3 Å². The van der Waals surface area contributed by atoms with Gasteiger partial charge < -0.3 is 24.8 Å². The van der Waals surface area contributed by atoms with Gasteiger partial charge in [-0.1, -0.05) is 30.3 Å². The highest BCUT2D eigenvalue weighted by Crippen LogP contribution is 2.26. The Bertz CT molecular complexity index is 817. The van der Waals surface area contributed by atoms with Crippen LogP contribution in [0.15, 0.2) is 48.5 Å². The molecule has 7 nitrogen and oxygen atoms in total. The molecule has 1 amide bonds. The van der Waals surface area contributed by atoms with E-state index in [-0.39, 0.29) is 6.04 Å². The highest BCUT2D eigenvalue weighted by atomic mass is 16.5. The summed E-state index contributed by atoms with van der Waals surface area (Å²) in [5.41, 5.74) is 2.09. The van der Waals surface area contributed by atoms with E-state index in [2.05, 4.69) is 5.32 Å². The quantitative estimate of drug-likeness (QED) is 0.740. The lowest BCUT2D eigenvalue weighted by molar-refractivity contribution is 0.0601. The van der Waals surface area contributed by atoms with Gasteiger partial charge in [-0.3, -0.25) is 0 Å². The molecule has 1 aliphatic rings. The zero-order valence-corrected chi connectivity index (χ0v) is 15.8. The third-order valence-electron chi connectivity index (χ3n) is 4.77. The number of piperidine rings is 1. The molecule has 0 atom stereocenters. The summed E-state index contributed by atoms with van der Waals surface area (Å²) < 4.78 is 10.7. The number of esters is 1. The van der Waals surface area contributed by atoms with Crippen molar-refractivity contribution in [3.8, 4) is 5.75 Å². The Hall–Kier alpha value is -3.22. The van der Waals surface area contributed by atoms with Crippen molar-refractivity contribution in [2.75, 3.05) is 25.5 Å². The molecule has 2 N–H and O–H groups in total. The van der Waals surface area contributed by atoms with Crippen molar-refractivity contribution in [2.45, 2.75) is 25.5 Å². The molecule has 7 heteroatoms. The van der Waals surface area contributed by atoms with Gasteiger partial charge in [0.2, 0.25) is 0 Å². The molecule has 0 aliphatic carbocycles. The molecular weight excluding hydrogens is 360 g/mol. The minimum Gasteiger partial charge on any atom is -0.489 e. The van der Waals surface area contributed by atoms with E-state index in [0.29, 0.717) is 49.5 Å². The molecule has 2 aromatic carbocycles. The van der Waals surface area contributed by atoms with E-state index in [4.69, 9.17) is 14.6 Å². The summed E-state index contributed by atoms with van der Waals surface area (Å²) in [4.78, 5) is 24.7. The highest BCUT2D eigenvalue weighted by molar-refractivity contribution is 5.96. The van der Waals surface area contributed by atoms with Crippen molar-refractivity contribution >= 4 is 17.7 Å². The minimum atomic E-state index is -0.895. The van der Waals surface area contributed by atoms with E-state index < -0.39 is 12.1 Å². The molecule has 0 bridgehead atoms. The van der Waals surface area contributed by atoms with Crippen molar-refractivity contribution in [3.63, 3.8) is 0 Å². The van der Waals surface area contributed by atoms with Gasteiger partial charge in [-0.05, 0) is 36.6 Å². The Labute approximate surface area is 163 Å². The molecule has 1 aliphatic heterocycles. The number of methoxy groups -OCH3 is 1. The Balaban J connectivity index is 1.68. The monoisotopic (exact) mass is 384 g/mol. The van der Waals surface area contributed by atoms with Crippen molar-refractivity contribution in [2.24, 2.45) is 0 Å². The molecule has 148 valence electrons. The maximum atomic E-state index is 12.2. The van der Waals surface area contributed by atoms with Crippen LogP contribution in [0, 0.1) is 0 Å². The Kier molecular flexibility index (Phi) is 6.37. The molecule has 2 aromatic rings. The summed E-state index contributed by atoms with van der Waals surface area (Å²) in [5.74, 6) is 0.131. The summed E-state index contributed by atoms with van der Waals surface area (Å²) in [6.45, 7) is 1.35. The van der Waals surface area contributed by atoms with Gasteiger partial charge in [0.1, 0.15) is 12.4 Å². The van der Waals surface area contributed by atoms with Crippen molar-refractivity contribution in [1.82, 2.24) is 4.90 Å². The second kappa shape index (κ2) is 9.12. The van der Waals surface area contributed by atoms with Crippen molar-refractivity contribution in [3.05, 3.63) is 59.7 Å². The number of benzene rings is 2. The van der Waals surface area contributed by atoms with Gasteiger partial charge in [0.15, 0.2) is 0 Å². The van der Waals surface area contributed by atoms with E-state index in [1.54, 1.807) is 12.1 Å². The summed E-state index contributed by atoms with van der Waals surface area (Å²) >= 11 is 0. The van der Waals surface area contributed by atoms with Crippen LogP contribution in [0.4, 0.5) is 10.5 Å². The Morgan fingerprint density at radius 2 is 1.86 bits per heavy atom. The molecule has 0 radical (unpaired) electrons. The number of nitrogens with one attached hydrogen (secondary N) is 1. The molecule has 0 saturated carbocycles. The lowest BCUT2D eigenvalue weighted by Crippen LogP contribution is -2.41. The van der Waals surface area contributed by atoms with Crippen LogP contribution in [0.25, 0.3) is 0 Å². The third-order valence-corrected chi connectivity index (χ3v) is 4.77. The molecule has 1 heterocycles. The summed E-state index contributed by atoms with van der Waals surface area (Å²) in [5, 5.41) is 12.4. The first-order valence-corrected chi connectivity index (χ1v) is 9.20. The maximum absolute atomic E-state index is 12.2. The van der Waals surface area contributed by atoms with Gasteiger partial charge >= 0.3 is 12.1 Å². The molecule has 1 saturated heterocycles. The normalized spacial score (nSPS) is 14.4. The molecule has 28 heavy (non-hydrogen) atoms. The largest absolute Gasteiger partial charge is 0.489 e. The first-order valence-electron chi connectivity index (χ1n) is 9.20. The summed E-state index contributed by atoms with van der Waals surface area (Å²) in [6, 6.07) is 15.2. The number of carbonyl (C=O) groups is 2. The van der Waals surface area contributed by atoms with Gasteiger partial charge in [0.25, 0.3) is 0 Å². The number of carbonyl (C=O) groups excluding carboxylic acids is 1. The van der Waals surface area contributed by atoms with Gasteiger partial charge in [0, 0.05) is 24.8 Å². The number of carboxylic acid groups (broad SMARTS) is 1. The number of nitrogens with zero attached hydrogens (tertiary/aromatic N) is 1. The molecular formula is C21H24N2O5. The predicted molar refractivity (Wildman–Crippen MR) is 105 cm³/mol. The summed E-state index contributed by atoms with van der Waals surface area (Å²) in [6.07, 6.45) is 0.465. The van der Waals surface area contributed by atoms with Crippen LogP contribution in [0.2, 0.25) is 0 Å². The van der Waals surface area contributed by atoms with Crippen molar-refractivity contribution in [1.29, 1.82) is 0 Å². The SMILES string of the molecule is COC(=O)c1cc(OCc2ccccc2)ccc1NC1CCN(C(=O)O)CC1. The van der Waals surface area contributed by atoms with E-state index in [1.165, 1.54) is 12.0 Å². The first-order chi connectivity index (χ1) is 13.6. The van der Waals surface area contributed by atoms with Crippen LogP contribution in [0.5, 0.6) is 5.75 Å². The summed E-state index contributed by atoms with van der Waals surface area (Å²) in [7, 11) is 1.34. The number of ether oxygens (including phenoxy) is 2. The van der Waals surface area contributed by atoms with Gasteiger partial charge in [-0.2, -0.15) is 0 Å². The smallest absolute Gasteiger partial charge is 0.407 e. The average molecular weight is 384 g/mol. The lowest BCUT2D eigenvalue weighted by atomic mass is 10.0. The fourth-order valence-electron chi connectivity index (χ4n) is 3.19. The molecule has 0 spiro atoms. The second-order valence-corrected chi connectivity index (χ2v) is 6.66. The van der Waals surface area contributed by atoms with Gasteiger partial charge in [-0.25, -0.2) is 9.59 Å². The van der Waals surface area contributed by atoms with Crippen molar-refractivity contribution < 1.29 is 24.2 Å². The van der Waals surface area contributed by atoms with Gasteiger partial charge in [0.05, 0.1) is 12.7 Å². The topological polar surface area (TPSA) is 88.1 Å². The standard InChI is InChI=1S/C21H24N2O5/c1-27-20(24)18-13-17(28-14-15-5-3-2-4-6-15)7-8-19(18)22-16-9-11-23(12-10-16)21(25)26/h2-8,13,16,22H,9-12,14H2,1H3,(H,25,26). The average Bonchev–Trinajstić information content (AvgIpc) is 2.73. The number of hydrogen-bond donors (Lipinski definition) is 2. The van der Waals surface area contributed by atoms with Crippen LogP contribution in [0.1, 0.15) is 28.8 Å². The number of rotatable bonds is 6. The Morgan fingerprint density at radius 1 is 1.14 bits per heavy atom. The maximum Gasteiger partial charge on any atom is 0.407 e. The first kappa shape index (κ1) is 19.5. The molecule has 0 unspecified atom stereocenters. The number of amides is 1. The highest BCUT2D eigenvalue weighted by Gasteiger charge is 2.23. The van der Waals surface area contributed by atoms with E-state index in [9.17, 15) is 9.59 Å². The molecule has 1 fully saturated rings. The predicted octanol–water partition coefficient (Wildman–Crippen LogP) is 3.61. The number of hydrogen-bond acceptors (Lipinski definition) is 5. The van der Waals surface area contributed by atoms with Gasteiger partial charge in [-0.15, -0.1) is 0 Å². The van der Waals surface area contributed by atoms with E-state index in [0.717, 1.165) is 5.56 Å². The third kappa shape index (κ3) is 4.94.